The minimum atomic E-state index is -1.15. The van der Waals surface area contributed by atoms with Crippen LogP contribution in [0.3, 0.4) is 0 Å². The Balaban J connectivity index is 4.41. The lowest BCUT2D eigenvalue weighted by Crippen LogP contribution is -2.44. The molecule has 104 valence electrons. The Morgan fingerprint density at radius 2 is 1.78 bits per heavy atom. The summed E-state index contributed by atoms with van der Waals surface area (Å²) in [5.74, 6) is -2.11. The van der Waals surface area contributed by atoms with Gasteiger partial charge in [0, 0.05) is 12.3 Å². The fourth-order valence-electron chi connectivity index (χ4n) is 1.23. The molecule has 2 unspecified atom stereocenters. The molecule has 0 aliphatic heterocycles. The first-order chi connectivity index (χ1) is 8.29. The Bertz CT molecular complexity index is 314. The average Bonchev–Trinajstić information content (AvgIpc) is 2.31. The molecule has 0 radical (unpaired) electrons. The Kier molecular flexibility index (Phi) is 7.00. The van der Waals surface area contributed by atoms with Gasteiger partial charge in [-0.3, -0.25) is 9.59 Å². The van der Waals surface area contributed by atoms with Gasteiger partial charge in [-0.15, -0.1) is 0 Å². The van der Waals surface area contributed by atoms with E-state index in [-0.39, 0.29) is 30.6 Å². The highest BCUT2D eigenvalue weighted by Crippen LogP contribution is 2.10. The molecular weight excluding hydrogens is 238 g/mol. The maximum atomic E-state index is 11.7. The van der Waals surface area contributed by atoms with Gasteiger partial charge in [0.25, 0.3) is 0 Å². The zero-order valence-corrected chi connectivity index (χ0v) is 11.2. The minimum absolute atomic E-state index is 0.0264. The maximum Gasteiger partial charge on any atom is 0.326 e. The summed E-state index contributed by atoms with van der Waals surface area (Å²) in [4.78, 5) is 33.6. The molecule has 18 heavy (non-hydrogen) atoms. The molecular formula is C12H21NO5. The van der Waals surface area contributed by atoms with Crippen molar-refractivity contribution in [2.45, 2.75) is 39.7 Å². The van der Waals surface area contributed by atoms with Gasteiger partial charge in [0.2, 0.25) is 5.91 Å². The second kappa shape index (κ2) is 7.68. The molecule has 0 aliphatic rings. The van der Waals surface area contributed by atoms with E-state index in [2.05, 4.69) is 10.1 Å². The highest BCUT2D eigenvalue weighted by molar-refractivity contribution is 5.85. The standard InChI is InChI=1S/C12H21NO5/c1-7(2)8(3)11(15)13-9(12(16)17)5-6-10(14)18-4/h7-9H,5-6H2,1-4H3,(H,13,15)(H,16,17). The van der Waals surface area contributed by atoms with E-state index < -0.39 is 18.0 Å². The topological polar surface area (TPSA) is 92.7 Å². The highest BCUT2D eigenvalue weighted by atomic mass is 16.5. The molecule has 2 atom stereocenters. The predicted octanol–water partition coefficient (Wildman–Crippen LogP) is 0.801. The summed E-state index contributed by atoms with van der Waals surface area (Å²) in [6.07, 6.45) is -0.0115. The molecule has 0 rings (SSSR count). The molecule has 0 aromatic carbocycles. The molecule has 0 saturated heterocycles. The number of ether oxygens (including phenoxy) is 1. The summed E-state index contributed by atoms with van der Waals surface area (Å²) >= 11 is 0. The largest absolute Gasteiger partial charge is 0.480 e. The van der Waals surface area contributed by atoms with Gasteiger partial charge in [-0.05, 0) is 12.3 Å². The van der Waals surface area contributed by atoms with E-state index in [0.29, 0.717) is 0 Å². The molecule has 6 heteroatoms. The Morgan fingerprint density at radius 3 is 2.17 bits per heavy atom. The molecule has 0 heterocycles. The number of carboxylic acids is 1. The molecule has 0 aromatic heterocycles. The van der Waals surface area contributed by atoms with Crippen molar-refractivity contribution in [3.8, 4) is 0 Å². The van der Waals surface area contributed by atoms with Crippen LogP contribution in [0.2, 0.25) is 0 Å². The van der Waals surface area contributed by atoms with Crippen molar-refractivity contribution < 1.29 is 24.2 Å². The molecule has 0 saturated carbocycles. The third-order valence-corrected chi connectivity index (χ3v) is 2.89. The molecule has 0 fully saturated rings. The van der Waals surface area contributed by atoms with Crippen molar-refractivity contribution in [3.05, 3.63) is 0 Å². The fraction of sp³-hybridized carbons (Fsp3) is 0.750. The Hall–Kier alpha value is -1.59. The van der Waals surface area contributed by atoms with Crippen LogP contribution in [0.25, 0.3) is 0 Å². The van der Waals surface area contributed by atoms with Crippen LogP contribution in [-0.2, 0) is 19.1 Å². The van der Waals surface area contributed by atoms with Crippen LogP contribution in [0.5, 0.6) is 0 Å². The lowest BCUT2D eigenvalue weighted by atomic mass is 9.96. The van der Waals surface area contributed by atoms with Gasteiger partial charge in [-0.2, -0.15) is 0 Å². The molecule has 1 amide bonds. The van der Waals surface area contributed by atoms with Crippen molar-refractivity contribution in [3.63, 3.8) is 0 Å². The number of methoxy groups -OCH3 is 1. The van der Waals surface area contributed by atoms with Gasteiger partial charge in [0.05, 0.1) is 7.11 Å². The second-order valence-electron chi connectivity index (χ2n) is 4.55. The van der Waals surface area contributed by atoms with E-state index in [1.54, 1.807) is 6.92 Å². The van der Waals surface area contributed by atoms with Gasteiger partial charge in [-0.25, -0.2) is 4.79 Å². The van der Waals surface area contributed by atoms with E-state index in [0.717, 1.165) is 0 Å². The first-order valence-corrected chi connectivity index (χ1v) is 5.89. The number of nitrogens with one attached hydrogen (secondary N) is 1. The van der Waals surface area contributed by atoms with Gasteiger partial charge in [-0.1, -0.05) is 20.8 Å². The molecule has 0 spiro atoms. The van der Waals surface area contributed by atoms with Crippen LogP contribution in [0.15, 0.2) is 0 Å². The van der Waals surface area contributed by atoms with E-state index in [9.17, 15) is 14.4 Å². The van der Waals surface area contributed by atoms with Gasteiger partial charge < -0.3 is 15.2 Å². The van der Waals surface area contributed by atoms with Crippen LogP contribution in [-0.4, -0.2) is 36.1 Å². The third kappa shape index (κ3) is 5.65. The van der Waals surface area contributed by atoms with E-state index in [4.69, 9.17) is 5.11 Å². The fourth-order valence-corrected chi connectivity index (χ4v) is 1.23. The summed E-state index contributed by atoms with van der Waals surface area (Å²) in [5, 5.41) is 11.4. The van der Waals surface area contributed by atoms with Crippen molar-refractivity contribution >= 4 is 17.8 Å². The predicted molar refractivity (Wildman–Crippen MR) is 64.8 cm³/mol. The van der Waals surface area contributed by atoms with E-state index in [1.807, 2.05) is 13.8 Å². The Morgan fingerprint density at radius 1 is 1.22 bits per heavy atom. The van der Waals surface area contributed by atoms with Crippen molar-refractivity contribution in [1.29, 1.82) is 0 Å². The van der Waals surface area contributed by atoms with Crippen LogP contribution < -0.4 is 5.32 Å². The second-order valence-corrected chi connectivity index (χ2v) is 4.55. The number of aliphatic carboxylic acids is 1. The van der Waals surface area contributed by atoms with E-state index in [1.165, 1.54) is 7.11 Å². The number of rotatable bonds is 7. The quantitative estimate of drug-likeness (QED) is 0.660. The smallest absolute Gasteiger partial charge is 0.326 e. The van der Waals surface area contributed by atoms with Crippen molar-refractivity contribution in [2.24, 2.45) is 11.8 Å². The SMILES string of the molecule is COC(=O)CCC(NC(=O)C(C)C(C)C)C(=O)O. The molecule has 6 nitrogen and oxygen atoms in total. The van der Waals surface area contributed by atoms with Crippen molar-refractivity contribution in [1.82, 2.24) is 5.32 Å². The zero-order valence-electron chi connectivity index (χ0n) is 11.2. The number of amides is 1. The van der Waals surface area contributed by atoms with Crippen molar-refractivity contribution in [2.75, 3.05) is 7.11 Å². The summed E-state index contributed by atoms with van der Waals surface area (Å²) in [6.45, 7) is 5.50. The summed E-state index contributed by atoms with van der Waals surface area (Å²) in [6, 6.07) is -1.06. The molecule has 0 bridgehead atoms. The monoisotopic (exact) mass is 259 g/mol. The normalized spacial score (nSPS) is 13.8. The van der Waals surface area contributed by atoms with Gasteiger partial charge in [0.15, 0.2) is 0 Å². The summed E-state index contributed by atoms with van der Waals surface area (Å²) in [7, 11) is 1.23. The lowest BCUT2D eigenvalue weighted by Gasteiger charge is -2.19. The summed E-state index contributed by atoms with van der Waals surface area (Å²) in [5.41, 5.74) is 0. The molecule has 0 aliphatic carbocycles. The minimum Gasteiger partial charge on any atom is -0.480 e. The first-order valence-electron chi connectivity index (χ1n) is 5.89. The number of hydrogen-bond donors (Lipinski definition) is 2. The first kappa shape index (κ1) is 16.4. The average molecular weight is 259 g/mol. The van der Waals surface area contributed by atoms with Gasteiger partial charge in [0.1, 0.15) is 6.04 Å². The number of hydrogen-bond acceptors (Lipinski definition) is 4. The molecule has 2 N–H and O–H groups in total. The number of esters is 1. The molecule has 0 aromatic rings. The summed E-state index contributed by atoms with van der Waals surface area (Å²) < 4.78 is 4.43. The number of carbonyl (C=O) groups is 3. The number of carbonyl (C=O) groups excluding carboxylic acids is 2. The van der Waals surface area contributed by atoms with Crippen LogP contribution in [0, 0.1) is 11.8 Å². The van der Waals surface area contributed by atoms with E-state index >= 15 is 0 Å². The zero-order chi connectivity index (χ0) is 14.3. The lowest BCUT2D eigenvalue weighted by molar-refractivity contribution is -0.144. The van der Waals surface area contributed by atoms with Crippen LogP contribution >= 0.6 is 0 Å². The van der Waals surface area contributed by atoms with Gasteiger partial charge >= 0.3 is 11.9 Å². The third-order valence-electron chi connectivity index (χ3n) is 2.89. The maximum absolute atomic E-state index is 11.7. The highest BCUT2D eigenvalue weighted by Gasteiger charge is 2.24. The van der Waals surface area contributed by atoms with Crippen LogP contribution in [0.1, 0.15) is 33.6 Å². The Labute approximate surface area is 107 Å². The number of carboxylic acid groups (broad SMARTS) is 1. The van der Waals surface area contributed by atoms with Crippen LogP contribution in [0.4, 0.5) is 0 Å².